The van der Waals surface area contributed by atoms with Crippen molar-refractivity contribution in [3.05, 3.63) is 12.3 Å². The van der Waals surface area contributed by atoms with Gasteiger partial charge in [0.2, 0.25) is 0 Å². The maximum Gasteiger partial charge on any atom is 0.0179 e. The highest BCUT2D eigenvalue weighted by molar-refractivity contribution is 4.92. The minimum absolute atomic E-state index is 0.432. The van der Waals surface area contributed by atoms with Gasteiger partial charge < -0.3 is 4.90 Å². The Morgan fingerprint density at radius 2 is 1.77 bits per heavy atom. The molecule has 0 N–H and O–H groups in total. The zero-order valence-electron chi connectivity index (χ0n) is 9.98. The molecule has 0 aliphatic carbocycles. The highest BCUT2D eigenvalue weighted by atomic mass is 15.1. The number of nitrogens with zero attached hydrogens (tertiary/aromatic N) is 1. The van der Waals surface area contributed by atoms with E-state index in [1.54, 1.807) is 0 Å². The summed E-state index contributed by atoms with van der Waals surface area (Å²) in [6, 6.07) is 0. The van der Waals surface area contributed by atoms with Crippen LogP contribution >= 0.6 is 0 Å². The quantitative estimate of drug-likeness (QED) is 0.628. The second kappa shape index (κ2) is 5.31. The molecule has 0 saturated heterocycles. The van der Waals surface area contributed by atoms with E-state index < -0.39 is 0 Å². The fourth-order valence-electron chi connectivity index (χ4n) is 1.23. The minimum atomic E-state index is 0.432. The van der Waals surface area contributed by atoms with Gasteiger partial charge in [-0.05, 0) is 25.2 Å². The lowest BCUT2D eigenvalue weighted by Gasteiger charge is -2.28. The molecule has 0 heterocycles. The SMILES string of the molecule is C=C(CC)N(CC)CCC(C)(C)C. The van der Waals surface area contributed by atoms with Crippen LogP contribution in [0.1, 0.15) is 47.5 Å². The molecular weight excluding hydrogens is 158 g/mol. The van der Waals surface area contributed by atoms with Crippen molar-refractivity contribution in [2.45, 2.75) is 47.5 Å². The molecule has 13 heavy (non-hydrogen) atoms. The lowest BCUT2D eigenvalue weighted by atomic mass is 9.92. The summed E-state index contributed by atoms with van der Waals surface area (Å²) in [4.78, 5) is 2.38. The van der Waals surface area contributed by atoms with E-state index in [0.29, 0.717) is 5.41 Å². The van der Waals surface area contributed by atoms with Crippen LogP contribution in [0.25, 0.3) is 0 Å². The third-order valence-electron chi connectivity index (χ3n) is 2.37. The van der Waals surface area contributed by atoms with Gasteiger partial charge in [0.1, 0.15) is 0 Å². The Morgan fingerprint density at radius 1 is 1.23 bits per heavy atom. The molecule has 0 spiro atoms. The van der Waals surface area contributed by atoms with Crippen LogP contribution in [0.2, 0.25) is 0 Å². The summed E-state index contributed by atoms with van der Waals surface area (Å²) in [5.74, 6) is 0. The lowest BCUT2D eigenvalue weighted by molar-refractivity contribution is 0.275. The molecule has 0 rings (SSSR count). The summed E-state index contributed by atoms with van der Waals surface area (Å²) in [5.41, 5.74) is 1.70. The Balaban J connectivity index is 3.93. The Hall–Kier alpha value is -0.460. The third-order valence-corrected chi connectivity index (χ3v) is 2.37. The molecule has 0 aliphatic rings. The third kappa shape index (κ3) is 5.73. The van der Waals surface area contributed by atoms with Gasteiger partial charge in [0.15, 0.2) is 0 Å². The summed E-state index contributed by atoms with van der Waals surface area (Å²) in [7, 11) is 0. The maximum absolute atomic E-state index is 4.07. The van der Waals surface area contributed by atoms with Gasteiger partial charge in [-0.25, -0.2) is 0 Å². The Kier molecular flexibility index (Phi) is 5.12. The zero-order valence-corrected chi connectivity index (χ0v) is 9.98. The predicted octanol–water partition coefficient (Wildman–Crippen LogP) is 3.67. The number of hydrogen-bond donors (Lipinski definition) is 0. The van der Waals surface area contributed by atoms with Crippen molar-refractivity contribution in [2.24, 2.45) is 5.41 Å². The molecule has 1 heteroatoms. The molecular formula is C12H25N. The summed E-state index contributed by atoms with van der Waals surface area (Å²) < 4.78 is 0. The first-order valence-corrected chi connectivity index (χ1v) is 5.33. The van der Waals surface area contributed by atoms with Crippen LogP contribution in [-0.4, -0.2) is 18.0 Å². The van der Waals surface area contributed by atoms with Crippen molar-refractivity contribution in [2.75, 3.05) is 13.1 Å². The van der Waals surface area contributed by atoms with Gasteiger partial charge in [-0.2, -0.15) is 0 Å². The summed E-state index contributed by atoms with van der Waals surface area (Å²) >= 11 is 0. The Morgan fingerprint density at radius 3 is 2.08 bits per heavy atom. The second-order valence-electron chi connectivity index (χ2n) is 4.81. The van der Waals surface area contributed by atoms with E-state index in [9.17, 15) is 0 Å². The molecule has 0 aliphatic heterocycles. The minimum Gasteiger partial charge on any atom is -0.376 e. The highest BCUT2D eigenvalue weighted by Gasteiger charge is 2.12. The lowest BCUT2D eigenvalue weighted by Crippen LogP contribution is -2.26. The molecule has 0 aromatic carbocycles. The van der Waals surface area contributed by atoms with E-state index in [-0.39, 0.29) is 0 Å². The van der Waals surface area contributed by atoms with Gasteiger partial charge >= 0.3 is 0 Å². The van der Waals surface area contributed by atoms with Crippen LogP contribution in [0.3, 0.4) is 0 Å². The molecule has 0 radical (unpaired) electrons. The van der Waals surface area contributed by atoms with E-state index in [0.717, 1.165) is 19.5 Å². The van der Waals surface area contributed by atoms with Gasteiger partial charge in [0.25, 0.3) is 0 Å². The zero-order chi connectivity index (χ0) is 10.5. The van der Waals surface area contributed by atoms with E-state index in [1.165, 1.54) is 12.1 Å². The average Bonchev–Trinajstić information content (AvgIpc) is 2.03. The standard InChI is InChI=1S/C12H25N/c1-7-11(3)13(8-2)10-9-12(4,5)6/h3,7-10H2,1-2,4-6H3. The number of allylic oxidation sites excluding steroid dienone is 1. The summed E-state index contributed by atoms with van der Waals surface area (Å²) in [6.45, 7) is 17.5. The first-order valence-electron chi connectivity index (χ1n) is 5.33. The molecule has 0 aromatic rings. The maximum atomic E-state index is 4.07. The molecule has 0 unspecified atom stereocenters. The van der Waals surface area contributed by atoms with Gasteiger partial charge in [-0.3, -0.25) is 0 Å². The topological polar surface area (TPSA) is 3.24 Å². The van der Waals surface area contributed by atoms with E-state index in [4.69, 9.17) is 0 Å². The van der Waals surface area contributed by atoms with Crippen LogP contribution in [0.4, 0.5) is 0 Å². The van der Waals surface area contributed by atoms with Crippen LogP contribution in [0.5, 0.6) is 0 Å². The average molecular weight is 183 g/mol. The van der Waals surface area contributed by atoms with Crippen molar-refractivity contribution < 1.29 is 0 Å². The molecule has 1 nitrogen and oxygen atoms in total. The van der Waals surface area contributed by atoms with Crippen molar-refractivity contribution in [3.8, 4) is 0 Å². The van der Waals surface area contributed by atoms with Crippen LogP contribution < -0.4 is 0 Å². The van der Waals surface area contributed by atoms with Gasteiger partial charge in [0.05, 0.1) is 0 Å². The Labute approximate surface area is 83.8 Å². The van der Waals surface area contributed by atoms with Crippen molar-refractivity contribution >= 4 is 0 Å². The van der Waals surface area contributed by atoms with E-state index in [1.807, 2.05) is 0 Å². The largest absolute Gasteiger partial charge is 0.376 e. The first kappa shape index (κ1) is 12.5. The fraction of sp³-hybridized carbons (Fsp3) is 0.833. The van der Waals surface area contributed by atoms with Crippen molar-refractivity contribution in [1.82, 2.24) is 4.90 Å². The number of hydrogen-bond acceptors (Lipinski definition) is 1. The molecule has 0 aromatic heterocycles. The van der Waals surface area contributed by atoms with Crippen LogP contribution in [0, 0.1) is 5.41 Å². The normalized spacial score (nSPS) is 11.5. The monoisotopic (exact) mass is 183 g/mol. The highest BCUT2D eigenvalue weighted by Crippen LogP contribution is 2.20. The summed E-state index contributed by atoms with van der Waals surface area (Å²) in [6.07, 6.45) is 2.30. The molecule has 78 valence electrons. The van der Waals surface area contributed by atoms with E-state index in [2.05, 4.69) is 46.1 Å². The summed E-state index contributed by atoms with van der Waals surface area (Å²) in [5, 5.41) is 0. The van der Waals surface area contributed by atoms with Crippen LogP contribution in [-0.2, 0) is 0 Å². The molecule has 0 bridgehead atoms. The molecule has 0 amide bonds. The van der Waals surface area contributed by atoms with E-state index >= 15 is 0 Å². The molecule has 0 atom stereocenters. The molecule has 0 fully saturated rings. The van der Waals surface area contributed by atoms with Gasteiger partial charge in [-0.1, -0.05) is 34.3 Å². The predicted molar refractivity (Wildman–Crippen MR) is 60.8 cm³/mol. The van der Waals surface area contributed by atoms with Crippen LogP contribution in [0.15, 0.2) is 12.3 Å². The second-order valence-corrected chi connectivity index (χ2v) is 4.81. The first-order chi connectivity index (χ1) is 5.90. The number of rotatable bonds is 5. The Bertz CT molecular complexity index is 153. The smallest absolute Gasteiger partial charge is 0.0179 e. The fourth-order valence-corrected chi connectivity index (χ4v) is 1.23. The van der Waals surface area contributed by atoms with Crippen molar-refractivity contribution in [3.63, 3.8) is 0 Å². The molecule has 0 saturated carbocycles. The van der Waals surface area contributed by atoms with Gasteiger partial charge in [0, 0.05) is 18.8 Å². The van der Waals surface area contributed by atoms with Crippen molar-refractivity contribution in [1.29, 1.82) is 0 Å². The van der Waals surface area contributed by atoms with Gasteiger partial charge in [-0.15, -0.1) is 0 Å².